The molecule has 0 atom stereocenters. The van der Waals surface area contributed by atoms with Gasteiger partial charge in [-0.1, -0.05) is 6.58 Å². The number of hydrogen-bond donors (Lipinski definition) is 2. The van der Waals surface area contributed by atoms with Gasteiger partial charge in [-0.05, 0) is 24.3 Å². The fraction of sp³-hybridized carbons (Fsp3) is 0. The lowest BCUT2D eigenvalue weighted by Crippen LogP contribution is -2.26. The Morgan fingerprint density at radius 3 is 2.31 bits per heavy atom. The van der Waals surface area contributed by atoms with Gasteiger partial charge >= 0.3 is 5.97 Å². The van der Waals surface area contributed by atoms with Crippen LogP contribution in [0.15, 0.2) is 36.5 Å². The second-order valence-corrected chi connectivity index (χ2v) is 2.93. The van der Waals surface area contributed by atoms with Crippen molar-refractivity contribution in [2.75, 3.05) is 0 Å². The summed E-state index contributed by atoms with van der Waals surface area (Å²) in [5, 5.41) is 19.2. The molecular weight excluding hydrogens is 208 g/mol. The zero-order valence-corrected chi connectivity index (χ0v) is 8.23. The van der Waals surface area contributed by atoms with E-state index >= 15 is 0 Å². The lowest BCUT2D eigenvalue weighted by Gasteiger charge is -2.03. The van der Waals surface area contributed by atoms with Crippen molar-refractivity contribution in [2.45, 2.75) is 0 Å². The second-order valence-electron chi connectivity index (χ2n) is 2.93. The van der Waals surface area contributed by atoms with E-state index in [2.05, 4.69) is 11.9 Å². The molecule has 0 saturated heterocycles. The van der Waals surface area contributed by atoms with Gasteiger partial charge in [-0.2, -0.15) is 5.26 Å². The van der Waals surface area contributed by atoms with Gasteiger partial charge in [0.2, 0.25) is 0 Å². The highest BCUT2D eigenvalue weighted by Gasteiger charge is 2.10. The molecule has 0 spiro atoms. The van der Waals surface area contributed by atoms with E-state index in [1.165, 1.54) is 24.3 Å². The van der Waals surface area contributed by atoms with Gasteiger partial charge in [-0.3, -0.25) is 4.79 Å². The van der Waals surface area contributed by atoms with Crippen LogP contribution in [0.2, 0.25) is 0 Å². The van der Waals surface area contributed by atoms with Gasteiger partial charge in [0.1, 0.15) is 5.70 Å². The van der Waals surface area contributed by atoms with Gasteiger partial charge in [0.15, 0.2) is 0 Å². The fourth-order valence-electron chi connectivity index (χ4n) is 0.959. The number of hydrogen-bond acceptors (Lipinski definition) is 3. The number of nitrogens with zero attached hydrogens (tertiary/aromatic N) is 1. The van der Waals surface area contributed by atoms with E-state index in [9.17, 15) is 9.59 Å². The molecule has 5 nitrogen and oxygen atoms in total. The summed E-state index contributed by atoms with van der Waals surface area (Å²) in [6.07, 6.45) is 0. The molecule has 0 aromatic heterocycles. The first-order valence-electron chi connectivity index (χ1n) is 4.28. The maximum absolute atomic E-state index is 11.4. The Hall–Kier alpha value is -2.61. The highest BCUT2D eigenvalue weighted by atomic mass is 16.4. The topological polar surface area (TPSA) is 90.2 Å². The van der Waals surface area contributed by atoms with Crippen molar-refractivity contribution in [2.24, 2.45) is 0 Å². The van der Waals surface area contributed by atoms with E-state index < -0.39 is 17.6 Å². The van der Waals surface area contributed by atoms with Gasteiger partial charge < -0.3 is 10.4 Å². The Labute approximate surface area is 91.6 Å². The highest BCUT2D eigenvalue weighted by Crippen LogP contribution is 2.03. The number of nitriles is 1. The van der Waals surface area contributed by atoms with Crippen molar-refractivity contribution in [1.82, 2.24) is 5.32 Å². The standard InChI is InChI=1S/C11H8N2O3/c1-7(11(15)16)13-10(14)9-4-2-8(6-12)3-5-9/h2-5H,1H2,(H,13,14)(H,15,16). The number of benzene rings is 1. The van der Waals surface area contributed by atoms with E-state index in [0.717, 1.165) is 0 Å². The average molecular weight is 216 g/mol. The van der Waals surface area contributed by atoms with Crippen LogP contribution in [0.25, 0.3) is 0 Å². The molecule has 0 fully saturated rings. The molecule has 1 rings (SSSR count). The molecule has 0 saturated carbocycles. The molecule has 80 valence electrons. The molecule has 0 aliphatic heterocycles. The Bertz CT molecular complexity index is 483. The number of carbonyl (C=O) groups excluding carboxylic acids is 1. The van der Waals surface area contributed by atoms with Crippen LogP contribution in [0, 0.1) is 11.3 Å². The third kappa shape index (κ3) is 2.69. The fourth-order valence-corrected chi connectivity index (χ4v) is 0.959. The van der Waals surface area contributed by atoms with Gasteiger partial charge in [0.25, 0.3) is 5.91 Å². The molecule has 0 heterocycles. The van der Waals surface area contributed by atoms with E-state index in [1.807, 2.05) is 6.07 Å². The van der Waals surface area contributed by atoms with Crippen molar-refractivity contribution >= 4 is 11.9 Å². The number of aliphatic carboxylic acids is 1. The van der Waals surface area contributed by atoms with Crippen molar-refractivity contribution in [1.29, 1.82) is 5.26 Å². The first-order chi connectivity index (χ1) is 7.54. The Morgan fingerprint density at radius 2 is 1.88 bits per heavy atom. The first kappa shape index (κ1) is 11.5. The Balaban J connectivity index is 2.78. The molecule has 1 amide bonds. The summed E-state index contributed by atoms with van der Waals surface area (Å²) < 4.78 is 0. The van der Waals surface area contributed by atoms with E-state index in [4.69, 9.17) is 10.4 Å². The third-order valence-electron chi connectivity index (χ3n) is 1.80. The molecule has 1 aromatic rings. The average Bonchev–Trinajstić information content (AvgIpc) is 2.28. The molecular formula is C11H8N2O3. The monoisotopic (exact) mass is 216 g/mol. The van der Waals surface area contributed by atoms with Crippen molar-refractivity contribution in [3.05, 3.63) is 47.7 Å². The maximum Gasteiger partial charge on any atom is 0.351 e. The molecule has 2 N–H and O–H groups in total. The van der Waals surface area contributed by atoms with Gasteiger partial charge in [-0.25, -0.2) is 4.79 Å². The minimum Gasteiger partial charge on any atom is -0.477 e. The van der Waals surface area contributed by atoms with Gasteiger partial charge in [-0.15, -0.1) is 0 Å². The predicted octanol–water partition coefficient (Wildman–Crippen LogP) is 0.886. The minimum absolute atomic E-state index is 0.265. The van der Waals surface area contributed by atoms with Crippen LogP contribution < -0.4 is 5.32 Å². The maximum atomic E-state index is 11.4. The van der Waals surface area contributed by atoms with E-state index in [-0.39, 0.29) is 5.56 Å². The predicted molar refractivity (Wildman–Crippen MR) is 55.4 cm³/mol. The molecule has 5 heteroatoms. The summed E-state index contributed by atoms with van der Waals surface area (Å²) in [4.78, 5) is 21.9. The van der Waals surface area contributed by atoms with E-state index in [1.54, 1.807) is 0 Å². The first-order valence-corrected chi connectivity index (χ1v) is 4.28. The molecule has 0 bridgehead atoms. The van der Waals surface area contributed by atoms with Crippen molar-refractivity contribution < 1.29 is 14.7 Å². The molecule has 1 aromatic carbocycles. The Kier molecular flexibility index (Phi) is 3.41. The van der Waals surface area contributed by atoms with Crippen LogP contribution in [0.1, 0.15) is 15.9 Å². The number of carboxylic acids is 1. The van der Waals surface area contributed by atoms with Crippen LogP contribution in [-0.4, -0.2) is 17.0 Å². The molecule has 16 heavy (non-hydrogen) atoms. The van der Waals surface area contributed by atoms with Crippen molar-refractivity contribution in [3.63, 3.8) is 0 Å². The largest absolute Gasteiger partial charge is 0.477 e. The zero-order chi connectivity index (χ0) is 12.1. The summed E-state index contributed by atoms with van der Waals surface area (Å²) in [7, 11) is 0. The number of carbonyl (C=O) groups is 2. The van der Waals surface area contributed by atoms with Crippen LogP contribution in [0.5, 0.6) is 0 Å². The van der Waals surface area contributed by atoms with E-state index in [0.29, 0.717) is 5.56 Å². The number of carboxylic acid groups (broad SMARTS) is 1. The second kappa shape index (κ2) is 4.75. The molecule has 0 radical (unpaired) electrons. The van der Waals surface area contributed by atoms with Crippen LogP contribution in [0.3, 0.4) is 0 Å². The molecule has 0 aliphatic carbocycles. The van der Waals surface area contributed by atoms with Crippen LogP contribution >= 0.6 is 0 Å². The normalized spacial score (nSPS) is 8.94. The molecule has 0 unspecified atom stereocenters. The summed E-state index contributed by atoms with van der Waals surface area (Å²) in [5.74, 6) is -1.86. The smallest absolute Gasteiger partial charge is 0.351 e. The summed E-state index contributed by atoms with van der Waals surface area (Å²) >= 11 is 0. The van der Waals surface area contributed by atoms with Crippen molar-refractivity contribution in [3.8, 4) is 6.07 Å². The van der Waals surface area contributed by atoms with Gasteiger partial charge in [0, 0.05) is 5.56 Å². The SMILES string of the molecule is C=C(NC(=O)c1ccc(C#N)cc1)C(=O)O. The summed E-state index contributed by atoms with van der Waals surface area (Å²) in [6.45, 7) is 3.17. The van der Waals surface area contributed by atoms with Gasteiger partial charge in [0.05, 0.1) is 11.6 Å². The summed E-state index contributed by atoms with van der Waals surface area (Å²) in [6, 6.07) is 7.72. The third-order valence-corrected chi connectivity index (χ3v) is 1.80. The number of rotatable bonds is 3. The highest BCUT2D eigenvalue weighted by molar-refractivity contribution is 6.00. The van der Waals surface area contributed by atoms with Crippen LogP contribution in [-0.2, 0) is 4.79 Å². The zero-order valence-electron chi connectivity index (χ0n) is 8.23. The quantitative estimate of drug-likeness (QED) is 0.734. The number of nitrogens with one attached hydrogen (secondary N) is 1. The Morgan fingerprint density at radius 1 is 1.31 bits per heavy atom. The minimum atomic E-state index is -1.29. The lowest BCUT2D eigenvalue weighted by atomic mass is 10.1. The van der Waals surface area contributed by atoms with Crippen LogP contribution in [0.4, 0.5) is 0 Å². The molecule has 0 aliphatic rings. The lowest BCUT2D eigenvalue weighted by molar-refractivity contribution is -0.132. The summed E-state index contributed by atoms with van der Waals surface area (Å²) in [5.41, 5.74) is 0.296. The number of amides is 1.